The second-order valence-electron chi connectivity index (χ2n) is 6.32. The van der Waals surface area contributed by atoms with Crippen molar-refractivity contribution in [3.8, 4) is 0 Å². The van der Waals surface area contributed by atoms with Crippen molar-refractivity contribution in [2.24, 2.45) is 5.41 Å². The standard InChI is InChI=1S/C16H25N3O/c20-12-7-16(5-6-16)13-18-14-3-10-19(11-4-14)15-1-8-17-9-2-15/h1-2,8-9,14,18,20H,3-7,10-13H2. The first-order valence-corrected chi connectivity index (χ1v) is 7.81. The highest BCUT2D eigenvalue weighted by molar-refractivity contribution is 5.44. The van der Waals surface area contributed by atoms with Gasteiger partial charge in [-0.15, -0.1) is 0 Å². The minimum atomic E-state index is 0.335. The average Bonchev–Trinajstić information content (AvgIpc) is 3.27. The highest BCUT2D eigenvalue weighted by atomic mass is 16.3. The Labute approximate surface area is 121 Å². The molecule has 1 aromatic rings. The van der Waals surface area contributed by atoms with Crippen LogP contribution in [0.4, 0.5) is 5.69 Å². The summed E-state index contributed by atoms with van der Waals surface area (Å²) in [5.74, 6) is 0. The van der Waals surface area contributed by atoms with Crippen molar-refractivity contribution >= 4 is 5.69 Å². The van der Waals surface area contributed by atoms with Crippen molar-refractivity contribution < 1.29 is 5.11 Å². The van der Waals surface area contributed by atoms with E-state index in [0.29, 0.717) is 18.1 Å². The largest absolute Gasteiger partial charge is 0.396 e. The van der Waals surface area contributed by atoms with Crippen LogP contribution in [0.1, 0.15) is 32.1 Å². The van der Waals surface area contributed by atoms with Crippen LogP contribution in [0.15, 0.2) is 24.5 Å². The van der Waals surface area contributed by atoms with Crippen molar-refractivity contribution in [3.63, 3.8) is 0 Å². The third-order valence-corrected chi connectivity index (χ3v) is 4.89. The van der Waals surface area contributed by atoms with Gasteiger partial charge in [0.05, 0.1) is 0 Å². The molecule has 0 atom stereocenters. The molecule has 0 spiro atoms. The first kappa shape index (κ1) is 13.8. The molecule has 0 unspecified atom stereocenters. The molecular weight excluding hydrogens is 250 g/mol. The minimum absolute atomic E-state index is 0.335. The highest BCUT2D eigenvalue weighted by Crippen LogP contribution is 2.48. The monoisotopic (exact) mass is 275 g/mol. The third-order valence-electron chi connectivity index (χ3n) is 4.89. The number of aliphatic hydroxyl groups excluding tert-OH is 1. The molecule has 2 N–H and O–H groups in total. The highest BCUT2D eigenvalue weighted by Gasteiger charge is 2.41. The van der Waals surface area contributed by atoms with Gasteiger partial charge < -0.3 is 15.3 Å². The average molecular weight is 275 g/mol. The van der Waals surface area contributed by atoms with Gasteiger partial charge in [0.25, 0.3) is 0 Å². The van der Waals surface area contributed by atoms with Crippen molar-refractivity contribution in [2.75, 3.05) is 31.1 Å². The Morgan fingerprint density at radius 3 is 2.55 bits per heavy atom. The van der Waals surface area contributed by atoms with Gasteiger partial charge >= 0.3 is 0 Å². The number of aliphatic hydroxyl groups is 1. The van der Waals surface area contributed by atoms with Crippen molar-refractivity contribution in [3.05, 3.63) is 24.5 Å². The molecule has 0 radical (unpaired) electrons. The van der Waals surface area contributed by atoms with E-state index in [-0.39, 0.29) is 0 Å². The van der Waals surface area contributed by atoms with Gasteiger partial charge in [-0.3, -0.25) is 4.98 Å². The molecule has 2 aliphatic rings. The summed E-state index contributed by atoms with van der Waals surface area (Å²) in [4.78, 5) is 6.52. The number of hydrogen-bond acceptors (Lipinski definition) is 4. The number of aromatic nitrogens is 1. The third kappa shape index (κ3) is 3.30. The van der Waals surface area contributed by atoms with Crippen molar-refractivity contribution in [1.82, 2.24) is 10.3 Å². The molecule has 110 valence electrons. The second kappa shape index (κ2) is 6.10. The quantitative estimate of drug-likeness (QED) is 0.831. The Bertz CT molecular complexity index is 411. The fraction of sp³-hybridized carbons (Fsp3) is 0.688. The molecule has 1 aliphatic heterocycles. The maximum Gasteiger partial charge on any atom is 0.0436 e. The van der Waals surface area contributed by atoms with Crippen LogP contribution in [0.25, 0.3) is 0 Å². The Morgan fingerprint density at radius 2 is 1.95 bits per heavy atom. The molecule has 0 aromatic carbocycles. The summed E-state index contributed by atoms with van der Waals surface area (Å²) in [5.41, 5.74) is 1.72. The van der Waals surface area contributed by atoms with Gasteiger partial charge in [0.2, 0.25) is 0 Å². The van der Waals surface area contributed by atoms with E-state index in [1.165, 1.54) is 31.4 Å². The second-order valence-corrected chi connectivity index (χ2v) is 6.32. The van der Waals surface area contributed by atoms with E-state index in [2.05, 4.69) is 27.3 Å². The van der Waals surface area contributed by atoms with E-state index in [4.69, 9.17) is 5.11 Å². The Kier molecular flexibility index (Phi) is 4.22. The Hall–Kier alpha value is -1.13. The maximum atomic E-state index is 9.10. The molecule has 3 rings (SSSR count). The molecule has 1 aromatic heterocycles. The van der Waals surface area contributed by atoms with Gasteiger partial charge in [0, 0.05) is 50.4 Å². The number of anilines is 1. The number of nitrogens with zero attached hydrogens (tertiary/aromatic N) is 2. The minimum Gasteiger partial charge on any atom is -0.396 e. The Balaban J connectivity index is 1.43. The maximum absolute atomic E-state index is 9.10. The van der Waals surface area contributed by atoms with Gasteiger partial charge in [-0.2, -0.15) is 0 Å². The van der Waals surface area contributed by atoms with E-state index in [9.17, 15) is 0 Å². The van der Waals surface area contributed by atoms with Gasteiger partial charge in [0.15, 0.2) is 0 Å². The predicted molar refractivity (Wildman–Crippen MR) is 80.8 cm³/mol. The summed E-state index contributed by atoms with van der Waals surface area (Å²) in [6, 6.07) is 4.83. The lowest BCUT2D eigenvalue weighted by atomic mass is 10.00. The van der Waals surface area contributed by atoms with E-state index >= 15 is 0 Å². The zero-order chi connectivity index (χ0) is 13.8. The number of pyridine rings is 1. The van der Waals surface area contributed by atoms with Crippen LogP contribution >= 0.6 is 0 Å². The van der Waals surface area contributed by atoms with Crippen LogP contribution < -0.4 is 10.2 Å². The molecule has 1 saturated heterocycles. The summed E-state index contributed by atoms with van der Waals surface area (Å²) in [6.45, 7) is 3.67. The molecule has 1 aliphatic carbocycles. The molecule has 20 heavy (non-hydrogen) atoms. The molecule has 0 amide bonds. The zero-order valence-corrected chi connectivity index (χ0v) is 12.1. The smallest absolute Gasteiger partial charge is 0.0436 e. The molecule has 2 heterocycles. The summed E-state index contributed by atoms with van der Waals surface area (Å²) >= 11 is 0. The predicted octanol–water partition coefficient (Wildman–Crippen LogP) is 1.80. The van der Waals surface area contributed by atoms with E-state index in [1.54, 1.807) is 0 Å². The summed E-state index contributed by atoms with van der Waals surface area (Å²) in [6.07, 6.45) is 9.69. The van der Waals surface area contributed by atoms with Crippen LogP contribution in [0.5, 0.6) is 0 Å². The van der Waals surface area contributed by atoms with Crippen LogP contribution in [-0.4, -0.2) is 42.4 Å². The molecule has 4 heteroatoms. The fourth-order valence-electron chi connectivity index (χ4n) is 3.19. The summed E-state index contributed by atoms with van der Waals surface area (Å²) in [5, 5.41) is 12.8. The fourth-order valence-corrected chi connectivity index (χ4v) is 3.19. The number of nitrogens with one attached hydrogen (secondary N) is 1. The Morgan fingerprint density at radius 1 is 1.25 bits per heavy atom. The SMILES string of the molecule is OCCC1(CNC2CCN(c3ccncc3)CC2)CC1. The normalized spacial score (nSPS) is 21.9. The first-order valence-electron chi connectivity index (χ1n) is 7.81. The lowest BCUT2D eigenvalue weighted by Crippen LogP contribution is -2.44. The van der Waals surface area contributed by atoms with Gasteiger partial charge in [-0.1, -0.05) is 0 Å². The molecular formula is C16H25N3O. The van der Waals surface area contributed by atoms with Gasteiger partial charge in [-0.25, -0.2) is 0 Å². The van der Waals surface area contributed by atoms with Gasteiger partial charge in [-0.05, 0) is 49.7 Å². The summed E-state index contributed by atoms with van der Waals surface area (Å²) in [7, 11) is 0. The van der Waals surface area contributed by atoms with E-state index in [0.717, 1.165) is 26.1 Å². The zero-order valence-electron chi connectivity index (χ0n) is 12.1. The molecule has 2 fully saturated rings. The van der Waals surface area contributed by atoms with Crippen LogP contribution in [0.2, 0.25) is 0 Å². The van der Waals surface area contributed by atoms with Crippen molar-refractivity contribution in [2.45, 2.75) is 38.1 Å². The molecule has 1 saturated carbocycles. The van der Waals surface area contributed by atoms with Gasteiger partial charge in [0.1, 0.15) is 0 Å². The number of piperidine rings is 1. The van der Waals surface area contributed by atoms with E-state index in [1.807, 2.05) is 12.4 Å². The van der Waals surface area contributed by atoms with Crippen molar-refractivity contribution in [1.29, 1.82) is 0 Å². The first-order chi connectivity index (χ1) is 9.81. The van der Waals surface area contributed by atoms with Crippen LogP contribution in [0, 0.1) is 5.41 Å². The number of hydrogen-bond donors (Lipinski definition) is 2. The van der Waals surface area contributed by atoms with Crippen LogP contribution in [-0.2, 0) is 0 Å². The summed E-state index contributed by atoms with van der Waals surface area (Å²) < 4.78 is 0. The number of rotatable bonds is 6. The topological polar surface area (TPSA) is 48.4 Å². The lowest BCUT2D eigenvalue weighted by molar-refractivity contribution is 0.239. The van der Waals surface area contributed by atoms with E-state index < -0.39 is 0 Å². The van der Waals surface area contributed by atoms with Crippen LogP contribution in [0.3, 0.4) is 0 Å². The lowest BCUT2D eigenvalue weighted by Gasteiger charge is -2.34. The molecule has 0 bridgehead atoms. The molecule has 4 nitrogen and oxygen atoms in total.